The molecule has 2 nitrogen and oxygen atoms in total. The van der Waals surface area contributed by atoms with Crippen LogP contribution in [-0.4, -0.2) is 4.98 Å². The minimum atomic E-state index is 0.644. The van der Waals surface area contributed by atoms with Gasteiger partial charge in [-0.15, -0.1) is 22.7 Å². The molecule has 0 fully saturated rings. The fourth-order valence-corrected chi connectivity index (χ4v) is 3.79. The molecular weight excluding hydrogens is 272 g/mol. The van der Waals surface area contributed by atoms with Gasteiger partial charge in [-0.1, -0.05) is 35.9 Å². The smallest absolute Gasteiger partial charge is 0.180 e. The average Bonchev–Trinajstić information content (AvgIpc) is 2.98. The predicted molar refractivity (Wildman–Crippen MR) is 83.8 cm³/mol. The van der Waals surface area contributed by atoms with Crippen molar-refractivity contribution in [3.05, 3.63) is 57.8 Å². The van der Waals surface area contributed by atoms with E-state index in [1.54, 1.807) is 22.7 Å². The molecule has 2 heterocycles. The van der Waals surface area contributed by atoms with Gasteiger partial charge in [0.15, 0.2) is 5.13 Å². The van der Waals surface area contributed by atoms with Crippen LogP contribution in [0.1, 0.15) is 16.0 Å². The molecule has 0 saturated carbocycles. The monoisotopic (exact) mass is 286 g/mol. The van der Waals surface area contributed by atoms with Crippen molar-refractivity contribution in [1.29, 1.82) is 0 Å². The summed E-state index contributed by atoms with van der Waals surface area (Å²) in [7, 11) is 0. The van der Waals surface area contributed by atoms with Crippen LogP contribution in [0.25, 0.3) is 10.6 Å². The lowest BCUT2D eigenvalue weighted by Crippen LogP contribution is -1.88. The molecular formula is C15H14N2S2. The van der Waals surface area contributed by atoms with Gasteiger partial charge in [0, 0.05) is 11.3 Å². The van der Waals surface area contributed by atoms with Crippen LogP contribution < -0.4 is 5.73 Å². The highest BCUT2D eigenvalue weighted by atomic mass is 32.1. The van der Waals surface area contributed by atoms with Gasteiger partial charge in [0.05, 0.1) is 10.6 Å². The van der Waals surface area contributed by atoms with Crippen molar-refractivity contribution in [3.63, 3.8) is 0 Å². The standard InChI is InChI=1S/C15H14N2S2/c1-10-4-2-5-11(8-10)9-13-14(17-15(16)19-13)12-6-3-7-18-12/h2-8H,9H2,1H3,(H2,16,17). The first-order chi connectivity index (χ1) is 9.22. The summed E-state index contributed by atoms with van der Waals surface area (Å²) in [6.07, 6.45) is 0.893. The van der Waals surface area contributed by atoms with E-state index in [2.05, 4.69) is 47.6 Å². The maximum absolute atomic E-state index is 5.88. The number of anilines is 1. The highest BCUT2D eigenvalue weighted by molar-refractivity contribution is 7.17. The second-order valence-corrected chi connectivity index (χ2v) is 6.53. The number of thiophene rings is 1. The Morgan fingerprint density at radius 3 is 2.84 bits per heavy atom. The van der Waals surface area contributed by atoms with Crippen LogP contribution >= 0.6 is 22.7 Å². The van der Waals surface area contributed by atoms with E-state index < -0.39 is 0 Å². The van der Waals surface area contributed by atoms with Gasteiger partial charge in [-0.25, -0.2) is 4.98 Å². The summed E-state index contributed by atoms with van der Waals surface area (Å²) >= 11 is 3.29. The molecule has 0 aliphatic rings. The number of hydrogen-bond acceptors (Lipinski definition) is 4. The average molecular weight is 286 g/mol. The van der Waals surface area contributed by atoms with E-state index in [1.165, 1.54) is 20.9 Å². The second-order valence-electron chi connectivity index (χ2n) is 4.47. The van der Waals surface area contributed by atoms with Crippen molar-refractivity contribution in [2.75, 3.05) is 5.73 Å². The molecule has 96 valence electrons. The van der Waals surface area contributed by atoms with Crippen molar-refractivity contribution in [2.24, 2.45) is 0 Å². The SMILES string of the molecule is Cc1cccc(Cc2sc(N)nc2-c2cccs2)c1. The molecule has 0 saturated heterocycles. The van der Waals surface area contributed by atoms with Crippen molar-refractivity contribution in [1.82, 2.24) is 4.98 Å². The number of benzene rings is 1. The lowest BCUT2D eigenvalue weighted by Gasteiger charge is -2.02. The minimum Gasteiger partial charge on any atom is -0.375 e. The van der Waals surface area contributed by atoms with Crippen LogP contribution in [0.4, 0.5) is 5.13 Å². The summed E-state index contributed by atoms with van der Waals surface area (Å²) in [6.45, 7) is 2.12. The molecule has 3 rings (SSSR count). The summed E-state index contributed by atoms with van der Waals surface area (Å²) in [5.74, 6) is 0. The largest absolute Gasteiger partial charge is 0.375 e. The summed E-state index contributed by atoms with van der Waals surface area (Å²) < 4.78 is 0. The van der Waals surface area contributed by atoms with Gasteiger partial charge >= 0.3 is 0 Å². The fourth-order valence-electron chi connectivity index (χ4n) is 2.10. The van der Waals surface area contributed by atoms with Crippen molar-refractivity contribution in [2.45, 2.75) is 13.3 Å². The number of nitrogens with two attached hydrogens (primary N) is 1. The molecule has 19 heavy (non-hydrogen) atoms. The molecule has 0 bridgehead atoms. The number of aryl methyl sites for hydroxylation is 1. The Kier molecular flexibility index (Phi) is 3.36. The maximum atomic E-state index is 5.88. The Morgan fingerprint density at radius 2 is 2.11 bits per heavy atom. The highest BCUT2D eigenvalue weighted by Crippen LogP contribution is 2.34. The zero-order valence-corrected chi connectivity index (χ0v) is 12.2. The van der Waals surface area contributed by atoms with Crippen molar-refractivity contribution in [3.8, 4) is 10.6 Å². The normalized spacial score (nSPS) is 10.8. The molecule has 4 heteroatoms. The maximum Gasteiger partial charge on any atom is 0.180 e. The number of nitrogen functional groups attached to an aromatic ring is 1. The number of rotatable bonds is 3. The Balaban J connectivity index is 1.97. The van der Waals surface area contributed by atoms with Crippen LogP contribution in [-0.2, 0) is 6.42 Å². The Labute approximate surface area is 120 Å². The summed E-state index contributed by atoms with van der Waals surface area (Å²) in [5.41, 5.74) is 9.51. The highest BCUT2D eigenvalue weighted by Gasteiger charge is 2.13. The van der Waals surface area contributed by atoms with Crippen LogP contribution in [0.15, 0.2) is 41.8 Å². The molecule has 1 aromatic carbocycles. The van der Waals surface area contributed by atoms with E-state index in [0.717, 1.165) is 12.1 Å². The third kappa shape index (κ3) is 2.69. The lowest BCUT2D eigenvalue weighted by molar-refractivity contribution is 1.21. The van der Waals surface area contributed by atoms with Gasteiger partial charge in [-0.05, 0) is 23.9 Å². The molecule has 0 aliphatic heterocycles. The Hall–Kier alpha value is -1.65. The molecule has 3 aromatic rings. The van der Waals surface area contributed by atoms with E-state index in [-0.39, 0.29) is 0 Å². The summed E-state index contributed by atoms with van der Waals surface area (Å²) in [4.78, 5) is 6.91. The number of hydrogen-bond donors (Lipinski definition) is 1. The van der Waals surface area contributed by atoms with Crippen LogP contribution in [0.2, 0.25) is 0 Å². The van der Waals surface area contributed by atoms with Gasteiger partial charge in [-0.3, -0.25) is 0 Å². The predicted octanol–water partition coefficient (Wildman–Crippen LogP) is 4.35. The van der Waals surface area contributed by atoms with E-state index in [1.807, 2.05) is 6.07 Å². The van der Waals surface area contributed by atoms with E-state index in [0.29, 0.717) is 5.13 Å². The third-order valence-corrected chi connectivity index (χ3v) is 4.68. The lowest BCUT2D eigenvalue weighted by atomic mass is 10.1. The van der Waals surface area contributed by atoms with Gasteiger partial charge in [0.25, 0.3) is 0 Å². The Bertz CT molecular complexity index is 684. The number of nitrogens with zero attached hydrogens (tertiary/aromatic N) is 1. The summed E-state index contributed by atoms with van der Waals surface area (Å²) in [5, 5.41) is 2.72. The van der Waals surface area contributed by atoms with Crippen LogP contribution in [0.5, 0.6) is 0 Å². The van der Waals surface area contributed by atoms with Crippen molar-refractivity contribution < 1.29 is 0 Å². The fraction of sp³-hybridized carbons (Fsp3) is 0.133. The first-order valence-corrected chi connectivity index (χ1v) is 7.76. The number of aromatic nitrogens is 1. The molecule has 0 amide bonds. The minimum absolute atomic E-state index is 0.644. The molecule has 0 unspecified atom stereocenters. The van der Waals surface area contributed by atoms with Crippen molar-refractivity contribution >= 4 is 27.8 Å². The Morgan fingerprint density at radius 1 is 1.21 bits per heavy atom. The third-order valence-electron chi connectivity index (χ3n) is 2.92. The molecule has 0 aliphatic carbocycles. The zero-order chi connectivity index (χ0) is 13.2. The molecule has 0 radical (unpaired) electrons. The zero-order valence-electron chi connectivity index (χ0n) is 10.6. The summed E-state index contributed by atoms with van der Waals surface area (Å²) in [6, 6.07) is 12.7. The molecule has 0 spiro atoms. The van der Waals surface area contributed by atoms with Gasteiger partial charge in [0.1, 0.15) is 0 Å². The van der Waals surface area contributed by atoms with Gasteiger partial charge in [-0.2, -0.15) is 0 Å². The first-order valence-electron chi connectivity index (χ1n) is 6.07. The molecule has 2 N–H and O–H groups in total. The first kappa shape index (κ1) is 12.4. The van der Waals surface area contributed by atoms with Gasteiger partial charge in [0.2, 0.25) is 0 Å². The van der Waals surface area contributed by atoms with Gasteiger partial charge < -0.3 is 5.73 Å². The molecule has 2 aromatic heterocycles. The van der Waals surface area contributed by atoms with E-state index in [4.69, 9.17) is 5.73 Å². The van der Waals surface area contributed by atoms with E-state index >= 15 is 0 Å². The number of thiazole rings is 1. The van der Waals surface area contributed by atoms with E-state index in [9.17, 15) is 0 Å². The topological polar surface area (TPSA) is 38.9 Å². The molecule has 0 atom stereocenters. The van der Waals surface area contributed by atoms with Crippen LogP contribution in [0, 0.1) is 6.92 Å². The quantitative estimate of drug-likeness (QED) is 0.777. The second kappa shape index (κ2) is 5.15. The van der Waals surface area contributed by atoms with Crippen LogP contribution in [0.3, 0.4) is 0 Å².